The maximum atomic E-state index is 11.8. The van der Waals surface area contributed by atoms with Crippen LogP contribution < -0.4 is 5.32 Å². The molecule has 0 radical (unpaired) electrons. The molecule has 2 unspecified atom stereocenters. The lowest BCUT2D eigenvalue weighted by atomic mass is 9.98. The Kier molecular flexibility index (Phi) is 8.46. The van der Waals surface area contributed by atoms with Crippen molar-refractivity contribution in [1.82, 2.24) is 5.32 Å². The van der Waals surface area contributed by atoms with E-state index in [-0.39, 0.29) is 24.2 Å². The van der Waals surface area contributed by atoms with Crippen LogP contribution in [0.2, 0.25) is 0 Å². The average Bonchev–Trinajstić information content (AvgIpc) is 2.26. The van der Waals surface area contributed by atoms with Crippen LogP contribution in [0.3, 0.4) is 0 Å². The third-order valence-corrected chi connectivity index (χ3v) is 2.92. The molecule has 1 amide bonds. The van der Waals surface area contributed by atoms with Crippen molar-refractivity contribution >= 4 is 11.9 Å². The Morgan fingerprint density at radius 2 is 1.94 bits per heavy atom. The molecule has 0 aromatic carbocycles. The minimum absolute atomic E-state index is 0.0138. The number of nitrogens with one attached hydrogen (secondary N) is 1. The standard InChI is InChI=1S/C13H25NO3/c1-4-6-7-11(5-2)13(17)14-9-10(3)8-12(15)16/h10-11H,4-9H2,1-3H3,(H,14,17)(H,15,16). The number of rotatable bonds is 9. The summed E-state index contributed by atoms with van der Waals surface area (Å²) in [7, 11) is 0. The highest BCUT2D eigenvalue weighted by molar-refractivity contribution is 5.78. The van der Waals surface area contributed by atoms with E-state index in [1.807, 2.05) is 13.8 Å². The van der Waals surface area contributed by atoms with Crippen molar-refractivity contribution < 1.29 is 14.7 Å². The Bertz CT molecular complexity index is 241. The molecule has 0 aliphatic carbocycles. The first-order chi connectivity index (χ1) is 8.01. The zero-order valence-electron chi connectivity index (χ0n) is 11.2. The SMILES string of the molecule is CCCCC(CC)C(=O)NCC(C)CC(=O)O. The summed E-state index contributed by atoms with van der Waals surface area (Å²) in [6.07, 6.45) is 4.03. The maximum absolute atomic E-state index is 11.8. The van der Waals surface area contributed by atoms with Crippen LogP contribution in [0.15, 0.2) is 0 Å². The molecule has 0 fully saturated rings. The molecule has 0 bridgehead atoms. The highest BCUT2D eigenvalue weighted by Gasteiger charge is 2.16. The van der Waals surface area contributed by atoms with Gasteiger partial charge in [-0.2, -0.15) is 0 Å². The monoisotopic (exact) mass is 243 g/mol. The highest BCUT2D eigenvalue weighted by Crippen LogP contribution is 2.12. The van der Waals surface area contributed by atoms with Crippen LogP contribution in [-0.4, -0.2) is 23.5 Å². The minimum atomic E-state index is -0.815. The second-order valence-electron chi connectivity index (χ2n) is 4.70. The molecule has 0 rings (SSSR count). The first-order valence-corrected chi connectivity index (χ1v) is 6.50. The molecule has 4 heteroatoms. The number of hydrogen-bond donors (Lipinski definition) is 2. The molecule has 2 atom stereocenters. The summed E-state index contributed by atoms with van der Waals surface area (Å²) in [5.74, 6) is -0.685. The van der Waals surface area contributed by atoms with E-state index in [1.54, 1.807) is 0 Å². The zero-order valence-corrected chi connectivity index (χ0v) is 11.2. The summed E-state index contributed by atoms with van der Waals surface area (Å²) >= 11 is 0. The molecule has 17 heavy (non-hydrogen) atoms. The topological polar surface area (TPSA) is 66.4 Å². The van der Waals surface area contributed by atoms with Gasteiger partial charge < -0.3 is 10.4 Å². The number of carboxylic acids is 1. The van der Waals surface area contributed by atoms with Gasteiger partial charge in [0.2, 0.25) is 5.91 Å². The van der Waals surface area contributed by atoms with Gasteiger partial charge in [0.1, 0.15) is 0 Å². The lowest BCUT2D eigenvalue weighted by Gasteiger charge is -2.16. The molecule has 0 aromatic rings. The molecule has 0 spiro atoms. The van der Waals surface area contributed by atoms with Crippen molar-refractivity contribution in [1.29, 1.82) is 0 Å². The smallest absolute Gasteiger partial charge is 0.303 e. The molecule has 100 valence electrons. The van der Waals surface area contributed by atoms with Crippen LogP contribution in [0.4, 0.5) is 0 Å². The summed E-state index contributed by atoms with van der Waals surface area (Å²) in [6.45, 7) is 6.41. The van der Waals surface area contributed by atoms with E-state index in [9.17, 15) is 9.59 Å². The molecule has 0 saturated heterocycles. The quantitative estimate of drug-likeness (QED) is 0.653. The van der Waals surface area contributed by atoms with Crippen LogP contribution in [-0.2, 0) is 9.59 Å². The number of hydrogen-bond acceptors (Lipinski definition) is 2. The lowest BCUT2D eigenvalue weighted by molar-refractivity contribution is -0.138. The second kappa shape index (κ2) is 9.02. The minimum Gasteiger partial charge on any atom is -0.481 e. The van der Waals surface area contributed by atoms with Gasteiger partial charge >= 0.3 is 5.97 Å². The Hall–Kier alpha value is -1.06. The van der Waals surface area contributed by atoms with Crippen LogP contribution >= 0.6 is 0 Å². The number of carboxylic acid groups (broad SMARTS) is 1. The van der Waals surface area contributed by atoms with Crippen molar-refractivity contribution in [2.75, 3.05) is 6.54 Å². The zero-order chi connectivity index (χ0) is 13.3. The Labute approximate surface area is 104 Å². The molecule has 0 saturated carbocycles. The summed E-state index contributed by atoms with van der Waals surface area (Å²) in [5.41, 5.74) is 0. The number of carbonyl (C=O) groups is 2. The van der Waals surface area contributed by atoms with E-state index in [2.05, 4.69) is 12.2 Å². The molecule has 2 N–H and O–H groups in total. The van der Waals surface area contributed by atoms with Crippen molar-refractivity contribution in [3.63, 3.8) is 0 Å². The van der Waals surface area contributed by atoms with Crippen molar-refractivity contribution in [3.8, 4) is 0 Å². The van der Waals surface area contributed by atoms with E-state index in [0.29, 0.717) is 6.54 Å². The first kappa shape index (κ1) is 15.9. The Morgan fingerprint density at radius 1 is 1.29 bits per heavy atom. The van der Waals surface area contributed by atoms with E-state index in [0.717, 1.165) is 25.7 Å². The van der Waals surface area contributed by atoms with Gasteiger partial charge in [0.25, 0.3) is 0 Å². The molecule has 0 aliphatic heterocycles. The first-order valence-electron chi connectivity index (χ1n) is 6.50. The van der Waals surface area contributed by atoms with Crippen LogP contribution in [0.5, 0.6) is 0 Å². The van der Waals surface area contributed by atoms with Crippen molar-refractivity contribution in [2.45, 2.75) is 52.9 Å². The Balaban J connectivity index is 3.92. The Morgan fingerprint density at radius 3 is 2.41 bits per heavy atom. The third-order valence-electron chi connectivity index (χ3n) is 2.92. The molecular weight excluding hydrogens is 218 g/mol. The fourth-order valence-corrected chi connectivity index (χ4v) is 1.76. The number of carbonyl (C=O) groups excluding carboxylic acids is 1. The van der Waals surface area contributed by atoms with E-state index in [1.165, 1.54) is 0 Å². The van der Waals surface area contributed by atoms with E-state index < -0.39 is 5.97 Å². The van der Waals surface area contributed by atoms with Gasteiger partial charge in [-0.3, -0.25) is 9.59 Å². The van der Waals surface area contributed by atoms with E-state index >= 15 is 0 Å². The second-order valence-corrected chi connectivity index (χ2v) is 4.70. The van der Waals surface area contributed by atoms with Gasteiger partial charge in [-0.25, -0.2) is 0 Å². The molecule has 0 aliphatic rings. The normalized spacial score (nSPS) is 14.1. The predicted octanol–water partition coefficient (Wildman–Crippen LogP) is 2.43. The fourth-order valence-electron chi connectivity index (χ4n) is 1.76. The third kappa shape index (κ3) is 7.77. The van der Waals surface area contributed by atoms with Gasteiger partial charge in [0.15, 0.2) is 0 Å². The number of amides is 1. The summed E-state index contributed by atoms with van der Waals surface area (Å²) in [5, 5.41) is 11.5. The fraction of sp³-hybridized carbons (Fsp3) is 0.846. The summed E-state index contributed by atoms with van der Waals surface area (Å²) < 4.78 is 0. The maximum Gasteiger partial charge on any atom is 0.303 e. The molecular formula is C13H25NO3. The van der Waals surface area contributed by atoms with Gasteiger partial charge in [-0.1, -0.05) is 33.6 Å². The van der Waals surface area contributed by atoms with Crippen molar-refractivity contribution in [2.24, 2.45) is 11.8 Å². The van der Waals surface area contributed by atoms with Gasteiger partial charge in [-0.05, 0) is 18.8 Å². The lowest BCUT2D eigenvalue weighted by Crippen LogP contribution is -2.34. The van der Waals surface area contributed by atoms with Gasteiger partial charge in [0, 0.05) is 18.9 Å². The largest absolute Gasteiger partial charge is 0.481 e. The number of aliphatic carboxylic acids is 1. The van der Waals surface area contributed by atoms with Crippen LogP contribution in [0.25, 0.3) is 0 Å². The predicted molar refractivity (Wildman–Crippen MR) is 67.7 cm³/mol. The molecule has 0 heterocycles. The van der Waals surface area contributed by atoms with Gasteiger partial charge in [-0.15, -0.1) is 0 Å². The molecule has 0 aromatic heterocycles. The summed E-state index contributed by atoms with van der Waals surface area (Å²) in [6, 6.07) is 0. The van der Waals surface area contributed by atoms with Crippen LogP contribution in [0, 0.1) is 11.8 Å². The summed E-state index contributed by atoms with van der Waals surface area (Å²) in [4.78, 5) is 22.3. The number of unbranched alkanes of at least 4 members (excludes halogenated alkanes) is 1. The highest BCUT2D eigenvalue weighted by atomic mass is 16.4. The molecule has 4 nitrogen and oxygen atoms in total. The van der Waals surface area contributed by atoms with Crippen LogP contribution in [0.1, 0.15) is 52.9 Å². The van der Waals surface area contributed by atoms with Gasteiger partial charge in [0.05, 0.1) is 0 Å². The van der Waals surface area contributed by atoms with E-state index in [4.69, 9.17) is 5.11 Å². The average molecular weight is 243 g/mol. The van der Waals surface area contributed by atoms with Crippen molar-refractivity contribution in [3.05, 3.63) is 0 Å².